The van der Waals surface area contributed by atoms with E-state index in [-0.39, 0.29) is 0 Å². The third-order valence-corrected chi connectivity index (χ3v) is 3.77. The van der Waals surface area contributed by atoms with Crippen LogP contribution in [0.4, 0.5) is 0 Å². The maximum atomic E-state index is 5.54. The molecule has 1 N–H and O–H groups in total. The highest BCUT2D eigenvalue weighted by molar-refractivity contribution is 5.39. The number of hydrogen-bond acceptors (Lipinski definition) is 2. The third-order valence-electron chi connectivity index (χ3n) is 3.77. The Morgan fingerprint density at radius 2 is 2.17 bits per heavy atom. The van der Waals surface area contributed by atoms with E-state index in [1.807, 2.05) is 0 Å². The molecular weight excluding hydrogens is 222 g/mol. The second kappa shape index (κ2) is 6.24. The Morgan fingerprint density at radius 1 is 1.33 bits per heavy atom. The molecule has 1 heterocycles. The van der Waals surface area contributed by atoms with Crippen LogP contribution in [0.1, 0.15) is 38.3 Å². The van der Waals surface area contributed by atoms with Crippen LogP contribution in [-0.2, 0) is 12.8 Å². The molecule has 2 rings (SSSR count). The van der Waals surface area contributed by atoms with Gasteiger partial charge in [0, 0.05) is 12.5 Å². The first-order chi connectivity index (χ1) is 8.70. The minimum atomic E-state index is 0.625. The zero-order chi connectivity index (χ0) is 13.0. The molecule has 18 heavy (non-hydrogen) atoms. The van der Waals surface area contributed by atoms with Gasteiger partial charge in [0.15, 0.2) is 0 Å². The number of ether oxygens (including phenoxy) is 1. The first kappa shape index (κ1) is 13.4. The molecule has 1 aliphatic rings. The molecule has 0 bridgehead atoms. The maximum absolute atomic E-state index is 5.54. The van der Waals surface area contributed by atoms with Gasteiger partial charge >= 0.3 is 0 Å². The normalized spacial score (nSPS) is 15.6. The molecule has 2 heteroatoms. The van der Waals surface area contributed by atoms with E-state index in [0.717, 1.165) is 31.7 Å². The number of fused-ring (bicyclic) bond motifs is 1. The molecule has 1 aromatic carbocycles. The summed E-state index contributed by atoms with van der Waals surface area (Å²) in [6.07, 6.45) is 3.44. The summed E-state index contributed by atoms with van der Waals surface area (Å²) in [7, 11) is 0. The zero-order valence-electron chi connectivity index (χ0n) is 11.8. The highest BCUT2D eigenvalue weighted by Crippen LogP contribution is 2.26. The molecule has 0 amide bonds. The second-order valence-corrected chi connectivity index (χ2v) is 5.49. The van der Waals surface area contributed by atoms with E-state index in [0.29, 0.717) is 12.0 Å². The molecule has 0 aromatic heterocycles. The Balaban J connectivity index is 1.93. The van der Waals surface area contributed by atoms with E-state index in [1.165, 1.54) is 17.5 Å². The maximum Gasteiger partial charge on any atom is 0.122 e. The molecule has 1 aromatic rings. The van der Waals surface area contributed by atoms with Crippen LogP contribution in [0.25, 0.3) is 0 Å². The van der Waals surface area contributed by atoms with E-state index >= 15 is 0 Å². The van der Waals surface area contributed by atoms with Crippen molar-refractivity contribution in [3.8, 4) is 5.75 Å². The van der Waals surface area contributed by atoms with Gasteiger partial charge in [0.2, 0.25) is 0 Å². The summed E-state index contributed by atoms with van der Waals surface area (Å²) >= 11 is 0. The predicted molar refractivity (Wildman–Crippen MR) is 76.3 cm³/mol. The minimum absolute atomic E-state index is 0.625. The highest BCUT2D eigenvalue weighted by Gasteiger charge is 2.14. The van der Waals surface area contributed by atoms with Crippen LogP contribution in [0.2, 0.25) is 0 Å². The zero-order valence-corrected chi connectivity index (χ0v) is 11.8. The van der Waals surface area contributed by atoms with Gasteiger partial charge < -0.3 is 10.1 Å². The summed E-state index contributed by atoms with van der Waals surface area (Å²) in [6.45, 7) is 8.68. The van der Waals surface area contributed by atoms with Gasteiger partial charge in [-0.2, -0.15) is 0 Å². The summed E-state index contributed by atoms with van der Waals surface area (Å²) < 4.78 is 5.54. The fraction of sp³-hybridized carbons (Fsp3) is 0.625. The van der Waals surface area contributed by atoms with Crippen molar-refractivity contribution < 1.29 is 4.74 Å². The average molecular weight is 247 g/mol. The minimum Gasteiger partial charge on any atom is -0.493 e. The molecule has 1 aliphatic heterocycles. The predicted octanol–water partition coefficient (Wildman–Crippen LogP) is 3.19. The second-order valence-electron chi connectivity index (χ2n) is 5.49. The van der Waals surface area contributed by atoms with E-state index in [2.05, 4.69) is 44.3 Å². The lowest BCUT2D eigenvalue weighted by Gasteiger charge is -2.21. The van der Waals surface area contributed by atoms with E-state index in [1.54, 1.807) is 0 Å². The lowest BCUT2D eigenvalue weighted by Crippen LogP contribution is -2.34. The van der Waals surface area contributed by atoms with Crippen molar-refractivity contribution in [2.45, 2.75) is 46.1 Å². The number of rotatable bonds is 6. The van der Waals surface area contributed by atoms with Crippen molar-refractivity contribution in [2.75, 3.05) is 13.2 Å². The number of nitrogens with one attached hydrogen (secondary N) is 1. The Hall–Kier alpha value is -1.02. The molecule has 0 aliphatic carbocycles. The van der Waals surface area contributed by atoms with Crippen LogP contribution < -0.4 is 10.1 Å². The summed E-state index contributed by atoms with van der Waals surface area (Å²) in [5.74, 6) is 1.79. The van der Waals surface area contributed by atoms with Crippen LogP contribution in [0, 0.1) is 5.92 Å². The van der Waals surface area contributed by atoms with Crippen molar-refractivity contribution in [3.05, 3.63) is 29.3 Å². The SMILES string of the molecule is CCNC(CCc1ccc2c(c1)CCO2)C(C)C. The van der Waals surface area contributed by atoms with Crippen LogP contribution in [0.15, 0.2) is 18.2 Å². The van der Waals surface area contributed by atoms with Crippen molar-refractivity contribution in [2.24, 2.45) is 5.92 Å². The monoisotopic (exact) mass is 247 g/mol. The Labute approximate surface area is 111 Å². The van der Waals surface area contributed by atoms with Crippen molar-refractivity contribution in [1.82, 2.24) is 5.32 Å². The molecule has 0 saturated heterocycles. The highest BCUT2D eigenvalue weighted by atomic mass is 16.5. The standard InChI is InChI=1S/C16H25NO/c1-4-17-15(12(2)3)7-5-13-6-8-16-14(11-13)9-10-18-16/h6,8,11-12,15,17H,4-5,7,9-10H2,1-3H3. The van der Waals surface area contributed by atoms with Crippen LogP contribution in [-0.4, -0.2) is 19.2 Å². The smallest absolute Gasteiger partial charge is 0.122 e. The van der Waals surface area contributed by atoms with E-state index in [4.69, 9.17) is 4.74 Å². The molecule has 1 unspecified atom stereocenters. The molecule has 0 saturated carbocycles. The van der Waals surface area contributed by atoms with Gasteiger partial charge in [-0.15, -0.1) is 0 Å². The van der Waals surface area contributed by atoms with Crippen LogP contribution >= 0.6 is 0 Å². The Kier molecular flexibility index (Phi) is 4.65. The summed E-state index contributed by atoms with van der Waals surface area (Å²) in [5, 5.41) is 3.58. The van der Waals surface area contributed by atoms with Gasteiger partial charge in [0.05, 0.1) is 6.61 Å². The first-order valence-corrected chi connectivity index (χ1v) is 7.18. The summed E-state index contributed by atoms with van der Waals surface area (Å²) in [4.78, 5) is 0. The van der Waals surface area contributed by atoms with Crippen LogP contribution in [0.5, 0.6) is 5.75 Å². The number of benzene rings is 1. The van der Waals surface area contributed by atoms with E-state index in [9.17, 15) is 0 Å². The molecule has 0 radical (unpaired) electrons. The molecule has 0 spiro atoms. The quantitative estimate of drug-likeness (QED) is 0.833. The number of hydrogen-bond donors (Lipinski definition) is 1. The third kappa shape index (κ3) is 3.26. The molecule has 100 valence electrons. The first-order valence-electron chi connectivity index (χ1n) is 7.18. The molecule has 1 atom stereocenters. The van der Waals surface area contributed by atoms with Crippen molar-refractivity contribution in [1.29, 1.82) is 0 Å². The Morgan fingerprint density at radius 3 is 2.89 bits per heavy atom. The topological polar surface area (TPSA) is 21.3 Å². The van der Waals surface area contributed by atoms with Gasteiger partial charge in [-0.3, -0.25) is 0 Å². The van der Waals surface area contributed by atoms with Gasteiger partial charge in [-0.1, -0.05) is 32.9 Å². The molecule has 0 fully saturated rings. The fourth-order valence-electron chi connectivity index (χ4n) is 2.65. The van der Waals surface area contributed by atoms with Gasteiger partial charge in [-0.25, -0.2) is 0 Å². The summed E-state index contributed by atoms with van der Waals surface area (Å²) in [5.41, 5.74) is 2.83. The summed E-state index contributed by atoms with van der Waals surface area (Å²) in [6, 6.07) is 7.30. The Bertz CT molecular complexity index is 387. The fourth-order valence-corrected chi connectivity index (χ4v) is 2.65. The van der Waals surface area contributed by atoms with E-state index < -0.39 is 0 Å². The largest absolute Gasteiger partial charge is 0.493 e. The van der Waals surface area contributed by atoms with Crippen molar-refractivity contribution in [3.63, 3.8) is 0 Å². The average Bonchev–Trinajstić information content (AvgIpc) is 2.81. The van der Waals surface area contributed by atoms with Gasteiger partial charge in [0.25, 0.3) is 0 Å². The van der Waals surface area contributed by atoms with Gasteiger partial charge in [0.1, 0.15) is 5.75 Å². The number of aryl methyl sites for hydroxylation is 1. The van der Waals surface area contributed by atoms with Crippen LogP contribution in [0.3, 0.4) is 0 Å². The lowest BCUT2D eigenvalue weighted by atomic mass is 9.95. The molecule has 2 nitrogen and oxygen atoms in total. The molecular formula is C16H25NO. The van der Waals surface area contributed by atoms with Gasteiger partial charge in [-0.05, 0) is 42.5 Å². The lowest BCUT2D eigenvalue weighted by molar-refractivity contribution is 0.356. The van der Waals surface area contributed by atoms with Crippen molar-refractivity contribution >= 4 is 0 Å².